The van der Waals surface area contributed by atoms with Gasteiger partial charge in [0.2, 0.25) is 0 Å². The Kier molecular flexibility index (Phi) is 5.12. The number of fused-ring (bicyclic) bond motifs is 1. The molecule has 5 nitrogen and oxygen atoms in total. The molecule has 6 heteroatoms. The third-order valence-electron chi connectivity index (χ3n) is 5.45. The van der Waals surface area contributed by atoms with Crippen LogP contribution in [0.1, 0.15) is 11.1 Å². The maximum absolute atomic E-state index is 12.6. The van der Waals surface area contributed by atoms with Crippen molar-refractivity contribution in [2.75, 3.05) is 24.6 Å². The standard InChI is InChI=1S/C21H24N2O3S/c24-19-13-22(11-17-7-3-1-4-8-17)20-15-27(25,26)16-21(20)23(14-19)12-18-9-5-2-6-10-18/h1-10,20-21H,11-16H2/t20-,21+. The fourth-order valence-corrected chi connectivity index (χ4v) is 6.27. The lowest BCUT2D eigenvalue weighted by Gasteiger charge is -2.33. The molecular weight excluding hydrogens is 360 g/mol. The van der Waals surface area contributed by atoms with Crippen molar-refractivity contribution in [2.24, 2.45) is 0 Å². The van der Waals surface area contributed by atoms with Crippen LogP contribution < -0.4 is 0 Å². The Morgan fingerprint density at radius 2 is 1.15 bits per heavy atom. The van der Waals surface area contributed by atoms with E-state index in [-0.39, 0.29) is 29.4 Å². The number of carbonyl (C=O) groups excluding carboxylic acids is 1. The van der Waals surface area contributed by atoms with E-state index in [1.807, 2.05) is 60.7 Å². The summed E-state index contributed by atoms with van der Waals surface area (Å²) in [6.45, 7) is 1.80. The van der Waals surface area contributed by atoms with E-state index >= 15 is 0 Å². The van der Waals surface area contributed by atoms with Gasteiger partial charge in [-0.25, -0.2) is 8.42 Å². The molecule has 27 heavy (non-hydrogen) atoms. The first-order chi connectivity index (χ1) is 13.0. The van der Waals surface area contributed by atoms with Crippen LogP contribution >= 0.6 is 0 Å². The van der Waals surface area contributed by atoms with Crippen LogP contribution in [0.15, 0.2) is 60.7 Å². The van der Waals surface area contributed by atoms with Crippen LogP contribution in [0.3, 0.4) is 0 Å². The first kappa shape index (κ1) is 18.3. The van der Waals surface area contributed by atoms with Gasteiger partial charge in [0.05, 0.1) is 24.6 Å². The maximum atomic E-state index is 12.6. The number of benzene rings is 2. The summed E-state index contributed by atoms with van der Waals surface area (Å²) in [5.74, 6) is 0.403. The monoisotopic (exact) mass is 384 g/mol. The van der Waals surface area contributed by atoms with Gasteiger partial charge in [0.15, 0.2) is 15.6 Å². The number of carbonyl (C=O) groups is 1. The molecule has 0 aromatic heterocycles. The highest BCUT2D eigenvalue weighted by atomic mass is 32.2. The summed E-state index contributed by atoms with van der Waals surface area (Å²) in [6.07, 6.45) is 0. The van der Waals surface area contributed by atoms with Crippen molar-refractivity contribution >= 4 is 15.6 Å². The van der Waals surface area contributed by atoms with E-state index in [9.17, 15) is 13.2 Å². The number of hydrogen-bond acceptors (Lipinski definition) is 5. The number of sulfone groups is 1. The van der Waals surface area contributed by atoms with Crippen molar-refractivity contribution in [1.29, 1.82) is 0 Å². The van der Waals surface area contributed by atoms with Crippen LogP contribution in [0.4, 0.5) is 0 Å². The minimum Gasteiger partial charge on any atom is -0.297 e. The van der Waals surface area contributed by atoms with Crippen molar-refractivity contribution in [3.05, 3.63) is 71.8 Å². The molecule has 0 N–H and O–H groups in total. The third kappa shape index (κ3) is 4.29. The summed E-state index contributed by atoms with van der Waals surface area (Å²) in [5.41, 5.74) is 2.20. The molecule has 2 aliphatic heterocycles. The molecule has 2 aliphatic rings. The van der Waals surface area contributed by atoms with Crippen molar-refractivity contribution in [3.63, 3.8) is 0 Å². The molecule has 0 saturated carbocycles. The molecule has 2 fully saturated rings. The molecule has 2 heterocycles. The summed E-state index contributed by atoms with van der Waals surface area (Å²) < 4.78 is 24.9. The predicted octanol–water partition coefficient (Wildman–Crippen LogP) is 1.74. The summed E-state index contributed by atoms with van der Waals surface area (Å²) in [4.78, 5) is 16.8. The van der Waals surface area contributed by atoms with Gasteiger partial charge in [-0.15, -0.1) is 0 Å². The van der Waals surface area contributed by atoms with Crippen molar-refractivity contribution in [1.82, 2.24) is 9.80 Å². The van der Waals surface area contributed by atoms with Crippen LogP contribution in [0, 0.1) is 0 Å². The predicted molar refractivity (Wildman–Crippen MR) is 105 cm³/mol. The maximum Gasteiger partial charge on any atom is 0.160 e. The molecule has 0 amide bonds. The van der Waals surface area contributed by atoms with Gasteiger partial charge in [-0.3, -0.25) is 14.6 Å². The largest absolute Gasteiger partial charge is 0.297 e. The van der Waals surface area contributed by atoms with Gasteiger partial charge in [0.1, 0.15) is 0 Å². The molecule has 2 aromatic rings. The first-order valence-electron chi connectivity index (χ1n) is 9.28. The Morgan fingerprint density at radius 3 is 1.56 bits per heavy atom. The molecule has 0 spiro atoms. The summed E-state index contributed by atoms with van der Waals surface area (Å²) >= 11 is 0. The summed E-state index contributed by atoms with van der Waals surface area (Å²) in [5, 5.41) is 0. The Bertz CT molecular complexity index is 832. The molecule has 2 aromatic carbocycles. The van der Waals surface area contributed by atoms with Gasteiger partial charge in [-0.1, -0.05) is 60.7 Å². The lowest BCUT2D eigenvalue weighted by molar-refractivity contribution is -0.120. The van der Waals surface area contributed by atoms with Crippen molar-refractivity contribution in [3.8, 4) is 0 Å². The molecule has 4 rings (SSSR count). The van der Waals surface area contributed by atoms with E-state index in [1.165, 1.54) is 0 Å². The van der Waals surface area contributed by atoms with E-state index in [4.69, 9.17) is 0 Å². The summed E-state index contributed by atoms with van der Waals surface area (Å²) in [7, 11) is -3.11. The number of nitrogens with zero attached hydrogens (tertiary/aromatic N) is 2. The van der Waals surface area contributed by atoms with Crippen LogP contribution in [0.25, 0.3) is 0 Å². The van der Waals surface area contributed by atoms with Crippen LogP contribution in [0.5, 0.6) is 0 Å². The van der Waals surface area contributed by atoms with Gasteiger partial charge < -0.3 is 0 Å². The molecule has 2 atom stereocenters. The Labute approximate surface area is 160 Å². The van der Waals surface area contributed by atoms with Crippen molar-refractivity contribution < 1.29 is 13.2 Å². The number of ketones is 1. The van der Waals surface area contributed by atoms with Gasteiger partial charge in [0, 0.05) is 25.2 Å². The zero-order chi connectivity index (χ0) is 18.9. The molecule has 2 saturated heterocycles. The highest BCUT2D eigenvalue weighted by Crippen LogP contribution is 2.28. The van der Waals surface area contributed by atoms with E-state index in [0.717, 1.165) is 11.1 Å². The molecule has 0 radical (unpaired) electrons. The zero-order valence-corrected chi connectivity index (χ0v) is 16.0. The number of Topliss-reactive ketones (excluding diaryl/α,β-unsaturated/α-hetero) is 1. The SMILES string of the molecule is O=C1CN(Cc2ccccc2)[C@@H]2CS(=O)(=O)C[C@@H]2N(Cc2ccccc2)C1. The Hall–Kier alpha value is -2.02. The van der Waals surface area contributed by atoms with E-state index < -0.39 is 9.84 Å². The zero-order valence-electron chi connectivity index (χ0n) is 15.2. The molecular formula is C21H24N2O3S. The highest BCUT2D eigenvalue weighted by Gasteiger charge is 2.46. The molecule has 0 aliphatic carbocycles. The van der Waals surface area contributed by atoms with Crippen LogP contribution in [0.2, 0.25) is 0 Å². The summed E-state index contributed by atoms with van der Waals surface area (Å²) in [6, 6.07) is 19.6. The van der Waals surface area contributed by atoms with E-state index in [2.05, 4.69) is 9.80 Å². The second kappa shape index (κ2) is 7.54. The first-order valence-corrected chi connectivity index (χ1v) is 11.1. The number of hydrogen-bond donors (Lipinski definition) is 0. The van der Waals surface area contributed by atoms with Crippen molar-refractivity contribution in [2.45, 2.75) is 25.2 Å². The third-order valence-corrected chi connectivity index (χ3v) is 7.15. The quantitative estimate of drug-likeness (QED) is 0.804. The normalized spacial score (nSPS) is 25.9. The van der Waals surface area contributed by atoms with Crippen LogP contribution in [-0.4, -0.2) is 60.7 Å². The lowest BCUT2D eigenvalue weighted by atomic mass is 10.1. The average Bonchev–Trinajstić information content (AvgIpc) is 2.93. The second-order valence-electron chi connectivity index (χ2n) is 7.53. The van der Waals surface area contributed by atoms with E-state index in [1.54, 1.807) is 0 Å². The average molecular weight is 385 g/mol. The van der Waals surface area contributed by atoms with Gasteiger partial charge >= 0.3 is 0 Å². The lowest BCUT2D eigenvalue weighted by Crippen LogP contribution is -2.48. The van der Waals surface area contributed by atoms with Crippen LogP contribution in [-0.2, 0) is 27.7 Å². The minimum atomic E-state index is -3.11. The van der Waals surface area contributed by atoms with Gasteiger partial charge in [0.25, 0.3) is 0 Å². The fraction of sp³-hybridized carbons (Fsp3) is 0.381. The Morgan fingerprint density at radius 1 is 0.741 bits per heavy atom. The molecule has 0 unspecified atom stereocenters. The smallest absolute Gasteiger partial charge is 0.160 e. The molecule has 142 valence electrons. The van der Waals surface area contributed by atoms with Gasteiger partial charge in [-0.05, 0) is 11.1 Å². The van der Waals surface area contributed by atoms with E-state index in [0.29, 0.717) is 26.2 Å². The minimum absolute atomic E-state index is 0.128. The second-order valence-corrected chi connectivity index (χ2v) is 9.69. The van der Waals surface area contributed by atoms with Gasteiger partial charge in [-0.2, -0.15) is 0 Å². The highest BCUT2D eigenvalue weighted by molar-refractivity contribution is 7.91. The topological polar surface area (TPSA) is 57.7 Å². The number of rotatable bonds is 4. The fourth-order valence-electron chi connectivity index (χ4n) is 4.23. The molecule has 0 bridgehead atoms. The Balaban J connectivity index is 1.62.